The van der Waals surface area contributed by atoms with E-state index in [1.165, 1.54) is 18.4 Å². The van der Waals surface area contributed by atoms with Crippen molar-refractivity contribution in [3.8, 4) is 5.75 Å². The molecule has 0 unspecified atom stereocenters. The minimum Gasteiger partial charge on any atom is -0.497 e. The van der Waals surface area contributed by atoms with Gasteiger partial charge >= 0.3 is 0 Å². The summed E-state index contributed by atoms with van der Waals surface area (Å²) in [5.41, 5.74) is 1.24. The molecule has 2 aliphatic heterocycles. The van der Waals surface area contributed by atoms with E-state index in [2.05, 4.69) is 27.2 Å². The highest BCUT2D eigenvalue weighted by Crippen LogP contribution is 2.34. The summed E-state index contributed by atoms with van der Waals surface area (Å²) >= 11 is 0. The number of nitrogens with zero attached hydrogens (tertiary/aromatic N) is 3. The van der Waals surface area contributed by atoms with Crippen LogP contribution in [0.15, 0.2) is 28.7 Å². The van der Waals surface area contributed by atoms with E-state index in [1.807, 2.05) is 12.1 Å². The smallest absolute Gasteiger partial charge is 0.245 e. The van der Waals surface area contributed by atoms with E-state index < -0.39 is 0 Å². The van der Waals surface area contributed by atoms with Crippen LogP contribution in [0.4, 0.5) is 0 Å². The van der Waals surface area contributed by atoms with Crippen molar-refractivity contribution in [2.45, 2.75) is 50.8 Å². The monoisotopic (exact) mass is 343 g/mol. The number of rotatable bonds is 5. The first-order chi connectivity index (χ1) is 12.3. The Kier molecular flexibility index (Phi) is 4.99. The fraction of sp³-hybridized carbons (Fsp3) is 0.579. The first-order valence-corrected chi connectivity index (χ1v) is 9.15. The normalized spacial score (nSPS) is 24.5. The molecule has 6 heteroatoms. The van der Waals surface area contributed by atoms with Crippen molar-refractivity contribution >= 4 is 0 Å². The molecule has 134 valence electrons. The van der Waals surface area contributed by atoms with E-state index in [-0.39, 0.29) is 12.1 Å². The molecule has 25 heavy (non-hydrogen) atoms. The molecule has 0 aliphatic carbocycles. The van der Waals surface area contributed by atoms with Gasteiger partial charge in [-0.2, -0.15) is 0 Å². The van der Waals surface area contributed by atoms with Gasteiger partial charge in [-0.3, -0.25) is 4.90 Å². The van der Waals surface area contributed by atoms with Crippen molar-refractivity contribution in [2.24, 2.45) is 0 Å². The van der Waals surface area contributed by atoms with Crippen molar-refractivity contribution in [3.05, 3.63) is 41.6 Å². The average molecular weight is 343 g/mol. The minimum absolute atomic E-state index is 0.0170. The van der Waals surface area contributed by atoms with Gasteiger partial charge in [0.25, 0.3) is 0 Å². The van der Waals surface area contributed by atoms with Crippen LogP contribution in [0.5, 0.6) is 5.75 Å². The fourth-order valence-corrected chi connectivity index (χ4v) is 3.75. The second-order valence-corrected chi connectivity index (χ2v) is 6.81. The molecule has 0 bridgehead atoms. The summed E-state index contributed by atoms with van der Waals surface area (Å²) in [5.74, 6) is 2.26. The van der Waals surface area contributed by atoms with Crippen molar-refractivity contribution in [3.63, 3.8) is 0 Å². The molecule has 0 amide bonds. The Bertz CT molecular complexity index is 697. The molecular formula is C19H25N3O3. The Morgan fingerprint density at radius 1 is 1.16 bits per heavy atom. The lowest BCUT2D eigenvalue weighted by Crippen LogP contribution is -2.33. The van der Waals surface area contributed by atoms with Crippen LogP contribution in [0.25, 0.3) is 0 Å². The SMILES string of the molecule is COc1cccc(CN2CCCC[C@H]2c2nnc([C@H]3CCCO3)o2)c1. The number of likely N-dealkylation sites (tertiary alicyclic amines) is 1. The van der Waals surface area contributed by atoms with Gasteiger partial charge in [-0.25, -0.2) is 0 Å². The number of hydrogen-bond acceptors (Lipinski definition) is 6. The molecule has 4 rings (SSSR count). The van der Waals surface area contributed by atoms with Crippen LogP contribution in [-0.4, -0.2) is 35.4 Å². The zero-order chi connectivity index (χ0) is 17.1. The van der Waals surface area contributed by atoms with Crippen molar-refractivity contribution in [2.75, 3.05) is 20.3 Å². The Labute approximate surface area is 148 Å². The Balaban J connectivity index is 1.50. The average Bonchev–Trinajstić information content (AvgIpc) is 3.34. The molecular weight excluding hydrogens is 318 g/mol. The van der Waals surface area contributed by atoms with Gasteiger partial charge in [0.2, 0.25) is 11.8 Å². The molecule has 2 saturated heterocycles. The third kappa shape index (κ3) is 3.70. The number of benzene rings is 1. The van der Waals surface area contributed by atoms with E-state index in [0.717, 1.165) is 50.6 Å². The first kappa shape index (κ1) is 16.5. The van der Waals surface area contributed by atoms with Gasteiger partial charge in [0.15, 0.2) is 0 Å². The van der Waals surface area contributed by atoms with E-state index in [0.29, 0.717) is 5.89 Å². The molecule has 0 saturated carbocycles. The number of aromatic nitrogens is 2. The van der Waals surface area contributed by atoms with Crippen LogP contribution in [-0.2, 0) is 11.3 Å². The lowest BCUT2D eigenvalue weighted by atomic mass is 10.0. The maximum Gasteiger partial charge on any atom is 0.245 e. The van der Waals surface area contributed by atoms with Crippen LogP contribution >= 0.6 is 0 Å². The van der Waals surface area contributed by atoms with Gasteiger partial charge < -0.3 is 13.9 Å². The number of ether oxygens (including phenoxy) is 2. The van der Waals surface area contributed by atoms with Gasteiger partial charge in [0.05, 0.1) is 13.2 Å². The highest BCUT2D eigenvalue weighted by molar-refractivity contribution is 5.28. The van der Waals surface area contributed by atoms with Gasteiger partial charge in [0.1, 0.15) is 11.9 Å². The maximum atomic E-state index is 6.01. The second kappa shape index (κ2) is 7.54. The topological polar surface area (TPSA) is 60.6 Å². The van der Waals surface area contributed by atoms with E-state index in [9.17, 15) is 0 Å². The van der Waals surface area contributed by atoms with Crippen LogP contribution in [0.2, 0.25) is 0 Å². The summed E-state index contributed by atoms with van der Waals surface area (Å²) in [7, 11) is 1.70. The number of piperidine rings is 1. The summed E-state index contributed by atoms with van der Waals surface area (Å²) in [4.78, 5) is 2.44. The van der Waals surface area contributed by atoms with Crippen molar-refractivity contribution < 1.29 is 13.9 Å². The molecule has 0 spiro atoms. The molecule has 0 radical (unpaired) electrons. The first-order valence-electron chi connectivity index (χ1n) is 9.15. The van der Waals surface area contributed by atoms with Crippen LogP contribution in [0.1, 0.15) is 61.6 Å². The summed E-state index contributed by atoms with van der Waals surface area (Å²) < 4.78 is 17.0. The number of methoxy groups -OCH3 is 1. The van der Waals surface area contributed by atoms with E-state index in [1.54, 1.807) is 7.11 Å². The van der Waals surface area contributed by atoms with Gasteiger partial charge in [0, 0.05) is 13.2 Å². The molecule has 2 atom stereocenters. The zero-order valence-corrected chi connectivity index (χ0v) is 14.7. The standard InChI is InChI=1S/C19H25N3O3/c1-23-15-7-4-6-14(12-15)13-22-10-3-2-8-16(22)18-20-21-19(25-18)17-9-5-11-24-17/h4,6-7,12,16-17H,2-3,5,8-11,13H2,1H3/t16-,17+/m0/s1. The number of hydrogen-bond donors (Lipinski definition) is 0. The lowest BCUT2D eigenvalue weighted by Gasteiger charge is -2.33. The quantitative estimate of drug-likeness (QED) is 0.826. The molecule has 0 N–H and O–H groups in total. The second-order valence-electron chi connectivity index (χ2n) is 6.81. The van der Waals surface area contributed by atoms with E-state index in [4.69, 9.17) is 13.9 Å². The van der Waals surface area contributed by atoms with Crippen LogP contribution in [0, 0.1) is 0 Å². The third-order valence-corrected chi connectivity index (χ3v) is 5.08. The molecule has 2 aliphatic rings. The van der Waals surface area contributed by atoms with E-state index >= 15 is 0 Å². The Hall–Kier alpha value is -1.92. The Morgan fingerprint density at radius 3 is 2.92 bits per heavy atom. The van der Waals surface area contributed by atoms with Crippen molar-refractivity contribution in [1.82, 2.24) is 15.1 Å². The van der Waals surface area contributed by atoms with Gasteiger partial charge in [-0.1, -0.05) is 18.6 Å². The highest BCUT2D eigenvalue weighted by atomic mass is 16.5. The fourth-order valence-electron chi connectivity index (χ4n) is 3.75. The minimum atomic E-state index is -0.0170. The predicted molar refractivity (Wildman–Crippen MR) is 92.2 cm³/mol. The summed E-state index contributed by atoms with van der Waals surface area (Å²) in [6.07, 6.45) is 5.46. The van der Waals surface area contributed by atoms with Crippen LogP contribution in [0.3, 0.4) is 0 Å². The summed E-state index contributed by atoms with van der Waals surface area (Å²) in [5, 5.41) is 8.60. The van der Waals surface area contributed by atoms with Gasteiger partial charge in [-0.05, 0) is 49.9 Å². The molecule has 1 aromatic heterocycles. The summed E-state index contributed by atoms with van der Waals surface area (Å²) in [6.45, 7) is 2.69. The third-order valence-electron chi connectivity index (χ3n) is 5.08. The maximum absolute atomic E-state index is 6.01. The molecule has 2 fully saturated rings. The molecule has 6 nitrogen and oxygen atoms in total. The predicted octanol–water partition coefficient (Wildman–Crippen LogP) is 3.66. The zero-order valence-electron chi connectivity index (χ0n) is 14.7. The Morgan fingerprint density at radius 2 is 2.08 bits per heavy atom. The molecule has 1 aromatic carbocycles. The highest BCUT2D eigenvalue weighted by Gasteiger charge is 2.31. The largest absolute Gasteiger partial charge is 0.497 e. The van der Waals surface area contributed by atoms with Crippen LogP contribution < -0.4 is 4.74 Å². The van der Waals surface area contributed by atoms with Gasteiger partial charge in [-0.15, -0.1) is 10.2 Å². The lowest BCUT2D eigenvalue weighted by molar-refractivity contribution is 0.0795. The molecule has 3 heterocycles. The molecule has 2 aromatic rings. The van der Waals surface area contributed by atoms with Crippen molar-refractivity contribution in [1.29, 1.82) is 0 Å². The summed E-state index contributed by atoms with van der Waals surface area (Å²) in [6, 6.07) is 8.43.